The summed E-state index contributed by atoms with van der Waals surface area (Å²) in [6.07, 6.45) is 5.57. The van der Waals surface area contributed by atoms with Crippen molar-refractivity contribution in [3.05, 3.63) is 16.1 Å². The molecule has 1 aliphatic rings. The van der Waals surface area contributed by atoms with Crippen LogP contribution in [0.5, 0.6) is 0 Å². The van der Waals surface area contributed by atoms with Gasteiger partial charge in [0.05, 0.1) is 6.61 Å². The van der Waals surface area contributed by atoms with Crippen LogP contribution in [0.15, 0.2) is 5.38 Å². The Kier molecular flexibility index (Phi) is 5.73. The van der Waals surface area contributed by atoms with Crippen molar-refractivity contribution in [3.8, 4) is 0 Å². The van der Waals surface area contributed by atoms with Gasteiger partial charge in [-0.15, -0.1) is 11.3 Å². The maximum Gasteiger partial charge on any atom is 0.367 e. The van der Waals surface area contributed by atoms with E-state index in [-0.39, 0.29) is 17.0 Å². The molecule has 1 aromatic rings. The molecule has 6 heteroatoms. The fraction of sp³-hybridized carbons (Fsp3) is 0.667. The number of hydrogen-bond acceptors (Lipinski definition) is 5. The zero-order valence-electron chi connectivity index (χ0n) is 12.6. The van der Waals surface area contributed by atoms with E-state index >= 15 is 0 Å². The van der Waals surface area contributed by atoms with E-state index in [1.54, 1.807) is 12.3 Å². The van der Waals surface area contributed by atoms with Crippen molar-refractivity contribution in [3.63, 3.8) is 0 Å². The lowest BCUT2D eigenvalue weighted by Gasteiger charge is -2.15. The van der Waals surface area contributed by atoms with Gasteiger partial charge >= 0.3 is 5.97 Å². The summed E-state index contributed by atoms with van der Waals surface area (Å²) >= 11 is 1.15. The van der Waals surface area contributed by atoms with Gasteiger partial charge in [0.2, 0.25) is 5.01 Å². The second kappa shape index (κ2) is 7.54. The third kappa shape index (κ3) is 4.52. The van der Waals surface area contributed by atoms with Crippen LogP contribution in [-0.2, 0) is 4.74 Å². The second-order valence-corrected chi connectivity index (χ2v) is 6.40. The van der Waals surface area contributed by atoms with Crippen molar-refractivity contribution in [1.82, 2.24) is 10.3 Å². The fourth-order valence-corrected chi connectivity index (χ4v) is 3.24. The Hall–Kier alpha value is -1.43. The maximum atomic E-state index is 12.2. The first-order chi connectivity index (χ1) is 10.1. The summed E-state index contributed by atoms with van der Waals surface area (Å²) in [5.41, 5.74) is 0.306. The highest BCUT2D eigenvalue weighted by atomic mass is 32.1. The lowest BCUT2D eigenvalue weighted by Crippen LogP contribution is -2.34. The SMILES string of the molecule is CCOC(=O)c1nc(C(=O)NC2CCCC(C)CC2)cs1. The van der Waals surface area contributed by atoms with Crippen molar-refractivity contribution >= 4 is 23.2 Å². The Bertz CT molecular complexity index is 501. The van der Waals surface area contributed by atoms with Gasteiger partial charge in [-0.05, 0) is 32.1 Å². The Labute approximate surface area is 129 Å². The van der Waals surface area contributed by atoms with Crippen LogP contribution in [0.4, 0.5) is 0 Å². The van der Waals surface area contributed by atoms with Crippen molar-refractivity contribution in [2.24, 2.45) is 5.92 Å². The summed E-state index contributed by atoms with van der Waals surface area (Å²) in [6, 6.07) is 0.218. The lowest BCUT2D eigenvalue weighted by molar-refractivity contribution is 0.0526. The van der Waals surface area contributed by atoms with Gasteiger partial charge in [-0.2, -0.15) is 0 Å². The summed E-state index contributed by atoms with van der Waals surface area (Å²) in [5.74, 6) is 0.0767. The summed E-state index contributed by atoms with van der Waals surface area (Å²) < 4.78 is 4.88. The van der Waals surface area contributed by atoms with Gasteiger partial charge in [0, 0.05) is 11.4 Å². The third-order valence-electron chi connectivity index (χ3n) is 3.78. The minimum atomic E-state index is -0.468. The molecule has 1 fully saturated rings. The first-order valence-electron chi connectivity index (χ1n) is 7.53. The molecule has 2 rings (SSSR count). The Morgan fingerprint density at radius 1 is 1.38 bits per heavy atom. The molecular weight excluding hydrogens is 288 g/mol. The predicted molar refractivity (Wildman–Crippen MR) is 81.6 cm³/mol. The minimum Gasteiger partial charge on any atom is -0.461 e. The molecule has 0 spiro atoms. The van der Waals surface area contributed by atoms with Crippen molar-refractivity contribution in [2.75, 3.05) is 6.61 Å². The largest absolute Gasteiger partial charge is 0.461 e. The molecule has 1 aliphatic carbocycles. The highest BCUT2D eigenvalue weighted by Gasteiger charge is 2.21. The minimum absolute atomic E-state index is 0.193. The molecule has 21 heavy (non-hydrogen) atoms. The van der Waals surface area contributed by atoms with Crippen LogP contribution in [-0.4, -0.2) is 29.5 Å². The van der Waals surface area contributed by atoms with Crippen LogP contribution in [0, 0.1) is 5.92 Å². The smallest absolute Gasteiger partial charge is 0.367 e. The van der Waals surface area contributed by atoms with E-state index in [4.69, 9.17) is 4.74 Å². The van der Waals surface area contributed by atoms with Crippen LogP contribution in [0.3, 0.4) is 0 Å². The highest BCUT2D eigenvalue weighted by Crippen LogP contribution is 2.23. The second-order valence-electron chi connectivity index (χ2n) is 5.54. The molecule has 1 aromatic heterocycles. The van der Waals surface area contributed by atoms with Crippen LogP contribution >= 0.6 is 11.3 Å². The van der Waals surface area contributed by atoms with Gasteiger partial charge in [-0.25, -0.2) is 9.78 Å². The highest BCUT2D eigenvalue weighted by molar-refractivity contribution is 7.11. The van der Waals surface area contributed by atoms with Crippen molar-refractivity contribution < 1.29 is 14.3 Å². The van der Waals surface area contributed by atoms with Gasteiger partial charge < -0.3 is 10.1 Å². The standard InChI is InChI=1S/C15H22N2O3S/c1-3-20-15(19)14-17-12(9-21-14)13(18)16-11-6-4-5-10(2)7-8-11/h9-11H,3-8H2,1-2H3,(H,16,18). The molecule has 0 aromatic carbocycles. The van der Waals surface area contributed by atoms with Crippen molar-refractivity contribution in [1.29, 1.82) is 0 Å². The molecule has 5 nitrogen and oxygen atoms in total. The maximum absolute atomic E-state index is 12.2. The number of carbonyl (C=O) groups excluding carboxylic acids is 2. The van der Waals surface area contributed by atoms with E-state index < -0.39 is 5.97 Å². The van der Waals surface area contributed by atoms with Gasteiger partial charge in [0.1, 0.15) is 5.69 Å². The summed E-state index contributed by atoms with van der Waals surface area (Å²) in [5, 5.41) is 4.88. The molecular formula is C15H22N2O3S. The van der Waals surface area contributed by atoms with Gasteiger partial charge in [-0.1, -0.05) is 19.8 Å². The average Bonchev–Trinajstić information content (AvgIpc) is 2.86. The number of thiazole rings is 1. The number of esters is 1. The van der Waals surface area contributed by atoms with E-state index in [1.807, 2.05) is 0 Å². The predicted octanol–water partition coefficient (Wildman–Crippen LogP) is 3.02. The van der Waals surface area contributed by atoms with Gasteiger partial charge in [-0.3, -0.25) is 4.79 Å². The summed E-state index contributed by atoms with van der Waals surface area (Å²) in [6.45, 7) is 4.31. The molecule has 2 atom stereocenters. The number of amides is 1. The average molecular weight is 310 g/mol. The number of hydrogen-bond donors (Lipinski definition) is 1. The summed E-state index contributed by atoms with van der Waals surface area (Å²) in [7, 11) is 0. The number of carbonyl (C=O) groups is 2. The molecule has 1 heterocycles. The quantitative estimate of drug-likeness (QED) is 0.685. The molecule has 1 amide bonds. The number of ether oxygens (including phenoxy) is 1. The van der Waals surface area contributed by atoms with Crippen LogP contribution in [0.1, 0.15) is 66.2 Å². The monoisotopic (exact) mass is 310 g/mol. The molecule has 0 aliphatic heterocycles. The van der Waals surface area contributed by atoms with Gasteiger partial charge in [0.15, 0.2) is 0 Å². The first-order valence-corrected chi connectivity index (χ1v) is 8.41. The third-order valence-corrected chi connectivity index (χ3v) is 4.60. The molecule has 1 N–H and O–H groups in total. The Balaban J connectivity index is 1.92. The number of aromatic nitrogens is 1. The zero-order chi connectivity index (χ0) is 15.2. The van der Waals surface area contributed by atoms with E-state index in [0.717, 1.165) is 42.9 Å². The van der Waals surface area contributed by atoms with Crippen LogP contribution in [0.25, 0.3) is 0 Å². The zero-order valence-corrected chi connectivity index (χ0v) is 13.4. The molecule has 0 saturated heterocycles. The molecule has 1 saturated carbocycles. The van der Waals surface area contributed by atoms with Gasteiger partial charge in [0.25, 0.3) is 5.91 Å². The Morgan fingerprint density at radius 3 is 2.95 bits per heavy atom. The van der Waals surface area contributed by atoms with E-state index in [1.165, 1.54) is 6.42 Å². The topological polar surface area (TPSA) is 68.3 Å². The fourth-order valence-electron chi connectivity index (χ4n) is 2.56. The van der Waals surface area contributed by atoms with E-state index in [2.05, 4.69) is 17.2 Å². The molecule has 0 radical (unpaired) electrons. The summed E-state index contributed by atoms with van der Waals surface area (Å²) in [4.78, 5) is 27.8. The number of rotatable bonds is 4. The molecule has 0 bridgehead atoms. The normalized spacial score (nSPS) is 22.4. The van der Waals surface area contributed by atoms with Crippen molar-refractivity contribution in [2.45, 2.75) is 52.0 Å². The van der Waals surface area contributed by atoms with Crippen LogP contribution in [0.2, 0.25) is 0 Å². The van der Waals surface area contributed by atoms with E-state index in [9.17, 15) is 9.59 Å². The van der Waals surface area contributed by atoms with E-state index in [0.29, 0.717) is 12.3 Å². The molecule has 2 unspecified atom stereocenters. The molecule has 116 valence electrons. The Morgan fingerprint density at radius 2 is 2.19 bits per heavy atom. The first kappa shape index (κ1) is 15.9. The number of nitrogens with one attached hydrogen (secondary N) is 1. The lowest BCUT2D eigenvalue weighted by atomic mass is 10.0. The van der Waals surface area contributed by atoms with Crippen LogP contribution < -0.4 is 5.32 Å². The number of nitrogens with zero attached hydrogens (tertiary/aromatic N) is 1.